The standard InChI is InChI=1S/C27H30N2O6/c1-19-23(20(2)35-28-19)18-34-24-12-10-21(16-25(24)32-3)11-13-26(30)29(15-14-27(31)33-4)17-22-8-6-5-7-9-22/h5-13,16H,14-15,17-18H2,1-4H3/b13-11+. The highest BCUT2D eigenvalue weighted by molar-refractivity contribution is 5.92. The van der Waals surface area contributed by atoms with Gasteiger partial charge in [0.15, 0.2) is 11.5 Å². The number of benzene rings is 2. The third kappa shape index (κ3) is 7.20. The number of rotatable bonds is 11. The quantitative estimate of drug-likeness (QED) is 0.296. The largest absolute Gasteiger partial charge is 0.493 e. The van der Waals surface area contributed by atoms with Gasteiger partial charge >= 0.3 is 5.97 Å². The molecular weight excluding hydrogens is 448 g/mol. The molecular formula is C27H30N2O6. The summed E-state index contributed by atoms with van der Waals surface area (Å²) in [5.74, 6) is 1.25. The van der Waals surface area contributed by atoms with Gasteiger partial charge in [0.1, 0.15) is 12.4 Å². The molecule has 8 heteroatoms. The van der Waals surface area contributed by atoms with Gasteiger partial charge in [0.25, 0.3) is 0 Å². The Balaban J connectivity index is 1.70. The average molecular weight is 479 g/mol. The summed E-state index contributed by atoms with van der Waals surface area (Å²) in [5, 5.41) is 3.94. The van der Waals surface area contributed by atoms with Crippen molar-refractivity contribution in [3.05, 3.63) is 82.8 Å². The van der Waals surface area contributed by atoms with E-state index in [4.69, 9.17) is 18.7 Å². The minimum atomic E-state index is -0.364. The minimum absolute atomic E-state index is 0.119. The smallest absolute Gasteiger partial charge is 0.307 e. The van der Waals surface area contributed by atoms with Crippen LogP contribution in [0.5, 0.6) is 11.5 Å². The molecule has 8 nitrogen and oxygen atoms in total. The highest BCUT2D eigenvalue weighted by Crippen LogP contribution is 2.30. The van der Waals surface area contributed by atoms with Gasteiger partial charge in [-0.1, -0.05) is 41.6 Å². The first kappa shape index (κ1) is 25.6. The predicted molar refractivity (Wildman–Crippen MR) is 131 cm³/mol. The van der Waals surface area contributed by atoms with Gasteiger partial charge in [0.05, 0.1) is 31.9 Å². The Labute approximate surface area is 205 Å². The minimum Gasteiger partial charge on any atom is -0.493 e. The number of carbonyl (C=O) groups excluding carboxylic acids is 2. The maximum absolute atomic E-state index is 13.0. The molecule has 1 amide bonds. The molecule has 1 aromatic heterocycles. The summed E-state index contributed by atoms with van der Waals surface area (Å²) in [5.41, 5.74) is 3.42. The lowest BCUT2D eigenvalue weighted by atomic mass is 10.1. The number of carbonyl (C=O) groups is 2. The van der Waals surface area contributed by atoms with Crippen LogP contribution in [0.2, 0.25) is 0 Å². The van der Waals surface area contributed by atoms with Crippen molar-refractivity contribution in [1.29, 1.82) is 0 Å². The number of nitrogens with zero attached hydrogens (tertiary/aromatic N) is 2. The second-order valence-electron chi connectivity index (χ2n) is 7.91. The van der Waals surface area contributed by atoms with Crippen molar-refractivity contribution in [3.63, 3.8) is 0 Å². The van der Waals surface area contributed by atoms with E-state index in [0.717, 1.165) is 22.4 Å². The van der Waals surface area contributed by atoms with Crippen molar-refractivity contribution in [2.75, 3.05) is 20.8 Å². The number of amides is 1. The molecule has 0 aliphatic rings. The number of aryl methyl sites for hydroxylation is 2. The number of ether oxygens (including phenoxy) is 3. The van der Waals surface area contributed by atoms with Crippen LogP contribution in [0, 0.1) is 13.8 Å². The van der Waals surface area contributed by atoms with Gasteiger partial charge in [0, 0.05) is 19.2 Å². The Hall–Kier alpha value is -4.07. The van der Waals surface area contributed by atoms with Crippen molar-refractivity contribution in [2.24, 2.45) is 0 Å². The Kier molecular flexibility index (Phi) is 9.06. The summed E-state index contributed by atoms with van der Waals surface area (Å²) in [6.07, 6.45) is 3.31. The normalized spacial score (nSPS) is 10.9. The van der Waals surface area contributed by atoms with Crippen molar-refractivity contribution in [3.8, 4) is 11.5 Å². The molecule has 0 bridgehead atoms. The summed E-state index contributed by atoms with van der Waals surface area (Å²) in [6, 6.07) is 15.0. The molecule has 0 atom stereocenters. The predicted octanol–water partition coefficient (Wildman–Crippen LogP) is 4.48. The monoisotopic (exact) mass is 478 g/mol. The van der Waals surface area contributed by atoms with Gasteiger partial charge < -0.3 is 23.6 Å². The number of hydrogen-bond donors (Lipinski definition) is 0. The lowest BCUT2D eigenvalue weighted by Gasteiger charge is -2.21. The van der Waals surface area contributed by atoms with E-state index in [1.165, 1.54) is 13.2 Å². The molecule has 0 spiro atoms. The van der Waals surface area contributed by atoms with Crippen molar-refractivity contribution in [1.82, 2.24) is 10.1 Å². The van der Waals surface area contributed by atoms with Crippen LogP contribution in [0.15, 0.2) is 59.1 Å². The fourth-order valence-electron chi connectivity index (χ4n) is 3.44. The highest BCUT2D eigenvalue weighted by Gasteiger charge is 2.15. The number of hydrogen-bond acceptors (Lipinski definition) is 7. The van der Waals surface area contributed by atoms with E-state index >= 15 is 0 Å². The molecule has 0 radical (unpaired) electrons. The Morgan fingerprint density at radius 2 is 1.83 bits per heavy atom. The maximum atomic E-state index is 13.0. The summed E-state index contributed by atoms with van der Waals surface area (Å²) >= 11 is 0. The van der Waals surface area contributed by atoms with Gasteiger partial charge in [-0.25, -0.2) is 0 Å². The number of methoxy groups -OCH3 is 2. The molecule has 0 aliphatic heterocycles. The van der Waals surface area contributed by atoms with Gasteiger partial charge in [0.2, 0.25) is 5.91 Å². The van der Waals surface area contributed by atoms with Crippen LogP contribution in [0.3, 0.4) is 0 Å². The highest BCUT2D eigenvalue weighted by atomic mass is 16.5. The van der Waals surface area contributed by atoms with E-state index in [1.807, 2.05) is 50.2 Å². The zero-order valence-electron chi connectivity index (χ0n) is 20.4. The molecule has 0 aliphatic carbocycles. The maximum Gasteiger partial charge on any atom is 0.307 e. The average Bonchev–Trinajstić information content (AvgIpc) is 3.20. The Morgan fingerprint density at radius 3 is 2.49 bits per heavy atom. The zero-order chi connectivity index (χ0) is 25.2. The topological polar surface area (TPSA) is 91.1 Å². The molecule has 0 saturated carbocycles. The van der Waals surface area contributed by atoms with Crippen LogP contribution < -0.4 is 9.47 Å². The van der Waals surface area contributed by atoms with Crippen molar-refractivity contribution < 1.29 is 28.3 Å². The zero-order valence-corrected chi connectivity index (χ0v) is 20.4. The summed E-state index contributed by atoms with van der Waals surface area (Å²) in [4.78, 5) is 26.2. The van der Waals surface area contributed by atoms with Crippen LogP contribution in [0.1, 0.15) is 34.6 Å². The van der Waals surface area contributed by atoms with E-state index in [0.29, 0.717) is 30.4 Å². The summed E-state index contributed by atoms with van der Waals surface area (Å²) in [6.45, 7) is 4.65. The lowest BCUT2D eigenvalue weighted by molar-refractivity contribution is -0.141. The molecule has 0 N–H and O–H groups in total. The SMILES string of the molecule is COC(=O)CCN(Cc1ccccc1)C(=O)/C=C/c1ccc(OCc2c(C)noc2C)c(OC)c1. The number of esters is 1. The summed E-state index contributed by atoms with van der Waals surface area (Å²) in [7, 11) is 2.89. The van der Waals surface area contributed by atoms with Crippen LogP contribution in [-0.2, 0) is 27.5 Å². The molecule has 3 rings (SSSR count). The molecule has 184 valence electrons. The first-order chi connectivity index (χ1) is 16.9. The first-order valence-corrected chi connectivity index (χ1v) is 11.2. The van der Waals surface area contributed by atoms with E-state index in [2.05, 4.69) is 5.16 Å². The first-order valence-electron chi connectivity index (χ1n) is 11.2. The van der Waals surface area contributed by atoms with Gasteiger partial charge in [-0.2, -0.15) is 0 Å². The summed E-state index contributed by atoms with van der Waals surface area (Å²) < 4.78 is 21.3. The third-order valence-electron chi connectivity index (χ3n) is 5.50. The molecule has 0 unspecified atom stereocenters. The van der Waals surface area contributed by atoms with E-state index < -0.39 is 0 Å². The fourth-order valence-corrected chi connectivity index (χ4v) is 3.44. The number of aromatic nitrogens is 1. The second-order valence-corrected chi connectivity index (χ2v) is 7.91. The van der Waals surface area contributed by atoms with E-state index in [-0.39, 0.29) is 24.8 Å². The lowest BCUT2D eigenvalue weighted by Crippen LogP contribution is -2.31. The van der Waals surface area contributed by atoms with E-state index in [1.54, 1.807) is 30.2 Å². The van der Waals surface area contributed by atoms with Crippen LogP contribution in [0.4, 0.5) is 0 Å². The van der Waals surface area contributed by atoms with Crippen LogP contribution in [0.25, 0.3) is 6.08 Å². The van der Waals surface area contributed by atoms with Crippen LogP contribution in [-0.4, -0.2) is 42.7 Å². The molecule has 0 fully saturated rings. The van der Waals surface area contributed by atoms with Crippen molar-refractivity contribution in [2.45, 2.75) is 33.4 Å². The Morgan fingerprint density at radius 1 is 1.06 bits per heavy atom. The van der Waals surface area contributed by atoms with E-state index in [9.17, 15) is 9.59 Å². The molecule has 35 heavy (non-hydrogen) atoms. The van der Waals surface area contributed by atoms with Gasteiger partial charge in [-0.05, 0) is 43.2 Å². The third-order valence-corrected chi connectivity index (χ3v) is 5.50. The fraction of sp³-hybridized carbons (Fsp3) is 0.296. The van der Waals surface area contributed by atoms with Crippen LogP contribution >= 0.6 is 0 Å². The molecule has 0 saturated heterocycles. The molecule has 3 aromatic rings. The van der Waals surface area contributed by atoms with Gasteiger partial charge in [-0.15, -0.1) is 0 Å². The van der Waals surface area contributed by atoms with Crippen molar-refractivity contribution >= 4 is 18.0 Å². The Bertz CT molecular complexity index is 1150. The molecule has 2 aromatic carbocycles. The molecule has 1 heterocycles. The second kappa shape index (κ2) is 12.4. The van der Waals surface area contributed by atoms with Gasteiger partial charge in [-0.3, -0.25) is 9.59 Å².